The Labute approximate surface area is 121 Å². The minimum atomic E-state index is 0.634. The predicted molar refractivity (Wildman–Crippen MR) is 80.3 cm³/mol. The molecule has 0 aliphatic rings. The molecule has 2 aromatic rings. The molecule has 0 fully saturated rings. The average molecular weight is 322 g/mol. The number of nitrogens with one attached hydrogen (secondary N) is 2. The number of pyridine rings is 1. The van der Waals surface area contributed by atoms with E-state index in [4.69, 9.17) is 0 Å². The van der Waals surface area contributed by atoms with Crippen LogP contribution >= 0.6 is 15.9 Å². The molecule has 2 aromatic heterocycles. The monoisotopic (exact) mass is 321 g/mol. The zero-order valence-corrected chi connectivity index (χ0v) is 12.3. The van der Waals surface area contributed by atoms with Crippen molar-refractivity contribution in [1.29, 1.82) is 0 Å². The highest BCUT2D eigenvalue weighted by atomic mass is 79.9. The number of rotatable bonds is 6. The zero-order chi connectivity index (χ0) is 13.5. The van der Waals surface area contributed by atoms with Crippen LogP contribution in [-0.4, -0.2) is 28.0 Å². The Balaban J connectivity index is 1.93. The van der Waals surface area contributed by atoms with Crippen molar-refractivity contribution in [1.82, 2.24) is 15.0 Å². The van der Waals surface area contributed by atoms with Crippen LogP contribution in [0.5, 0.6) is 0 Å². The molecule has 100 valence electrons. The van der Waals surface area contributed by atoms with Gasteiger partial charge in [0.1, 0.15) is 5.82 Å². The molecule has 5 nitrogen and oxygen atoms in total. The number of anilines is 2. The van der Waals surface area contributed by atoms with Crippen LogP contribution in [0.2, 0.25) is 0 Å². The molecular weight excluding hydrogens is 306 g/mol. The van der Waals surface area contributed by atoms with Crippen LogP contribution in [0.4, 0.5) is 11.8 Å². The van der Waals surface area contributed by atoms with E-state index in [9.17, 15) is 0 Å². The minimum Gasteiger partial charge on any atom is -0.369 e. The van der Waals surface area contributed by atoms with Crippen molar-refractivity contribution in [3.63, 3.8) is 0 Å². The van der Waals surface area contributed by atoms with E-state index in [0.29, 0.717) is 5.95 Å². The van der Waals surface area contributed by atoms with Crippen molar-refractivity contribution in [2.45, 2.75) is 13.3 Å². The highest BCUT2D eigenvalue weighted by Crippen LogP contribution is 2.19. The molecule has 0 saturated carbocycles. The maximum absolute atomic E-state index is 4.40. The van der Waals surface area contributed by atoms with Gasteiger partial charge in [0.25, 0.3) is 0 Å². The molecule has 2 rings (SSSR count). The van der Waals surface area contributed by atoms with Crippen LogP contribution in [-0.2, 0) is 6.42 Å². The topological polar surface area (TPSA) is 62.7 Å². The molecule has 0 bridgehead atoms. The summed E-state index contributed by atoms with van der Waals surface area (Å²) in [6, 6.07) is 4.01. The fourth-order valence-corrected chi connectivity index (χ4v) is 1.94. The van der Waals surface area contributed by atoms with Gasteiger partial charge in [0, 0.05) is 31.7 Å². The second-order valence-corrected chi connectivity index (χ2v) is 4.81. The Morgan fingerprint density at radius 1 is 1.26 bits per heavy atom. The Hall–Kier alpha value is -1.69. The molecule has 0 amide bonds. The second kappa shape index (κ2) is 7.04. The Morgan fingerprint density at radius 2 is 2.16 bits per heavy atom. The third kappa shape index (κ3) is 4.17. The number of hydrogen-bond donors (Lipinski definition) is 2. The molecule has 0 aliphatic carbocycles. The lowest BCUT2D eigenvalue weighted by atomic mass is 10.2. The fraction of sp³-hybridized carbons (Fsp3) is 0.308. The van der Waals surface area contributed by atoms with Gasteiger partial charge in [-0.2, -0.15) is 4.98 Å². The number of aromatic nitrogens is 3. The highest BCUT2D eigenvalue weighted by Gasteiger charge is 2.04. The van der Waals surface area contributed by atoms with E-state index < -0.39 is 0 Å². The van der Waals surface area contributed by atoms with Crippen molar-refractivity contribution in [2.75, 3.05) is 23.7 Å². The normalized spacial score (nSPS) is 10.2. The number of nitrogens with zero attached hydrogens (tertiary/aromatic N) is 3. The molecule has 0 atom stereocenters. The van der Waals surface area contributed by atoms with E-state index in [2.05, 4.69) is 47.6 Å². The Bertz CT molecular complexity index is 518. The van der Waals surface area contributed by atoms with Crippen LogP contribution in [0, 0.1) is 0 Å². The lowest BCUT2D eigenvalue weighted by molar-refractivity contribution is 0.982. The Morgan fingerprint density at radius 3 is 2.89 bits per heavy atom. The maximum atomic E-state index is 4.40. The van der Waals surface area contributed by atoms with Crippen molar-refractivity contribution in [3.8, 4) is 0 Å². The van der Waals surface area contributed by atoms with Gasteiger partial charge in [-0.15, -0.1) is 0 Å². The van der Waals surface area contributed by atoms with E-state index in [1.807, 2.05) is 19.2 Å². The molecule has 2 heterocycles. The summed E-state index contributed by atoms with van der Waals surface area (Å²) in [4.78, 5) is 12.7. The molecule has 0 aliphatic heterocycles. The van der Waals surface area contributed by atoms with Gasteiger partial charge in [-0.05, 0) is 40.9 Å². The first-order valence-corrected chi connectivity index (χ1v) is 6.98. The molecule has 0 aromatic carbocycles. The summed E-state index contributed by atoms with van der Waals surface area (Å²) in [7, 11) is 0. The second-order valence-electron chi connectivity index (χ2n) is 3.96. The summed E-state index contributed by atoms with van der Waals surface area (Å²) in [5.74, 6) is 1.43. The first kappa shape index (κ1) is 13.7. The largest absolute Gasteiger partial charge is 0.369 e. The zero-order valence-electron chi connectivity index (χ0n) is 10.7. The van der Waals surface area contributed by atoms with E-state index >= 15 is 0 Å². The van der Waals surface area contributed by atoms with Gasteiger partial charge in [-0.3, -0.25) is 4.98 Å². The molecule has 19 heavy (non-hydrogen) atoms. The van der Waals surface area contributed by atoms with E-state index in [-0.39, 0.29) is 0 Å². The summed E-state index contributed by atoms with van der Waals surface area (Å²) in [6.45, 7) is 3.62. The van der Waals surface area contributed by atoms with Gasteiger partial charge in [-0.1, -0.05) is 6.07 Å². The van der Waals surface area contributed by atoms with Gasteiger partial charge >= 0.3 is 0 Å². The summed E-state index contributed by atoms with van der Waals surface area (Å²) >= 11 is 3.44. The highest BCUT2D eigenvalue weighted by molar-refractivity contribution is 9.10. The van der Waals surface area contributed by atoms with E-state index in [1.54, 1.807) is 12.4 Å². The maximum Gasteiger partial charge on any atom is 0.224 e. The van der Waals surface area contributed by atoms with Gasteiger partial charge in [0.15, 0.2) is 0 Å². The number of halogens is 1. The van der Waals surface area contributed by atoms with Crippen molar-refractivity contribution >= 4 is 27.7 Å². The van der Waals surface area contributed by atoms with Crippen molar-refractivity contribution in [2.24, 2.45) is 0 Å². The first-order valence-electron chi connectivity index (χ1n) is 6.18. The number of hydrogen-bond acceptors (Lipinski definition) is 5. The third-order valence-electron chi connectivity index (χ3n) is 2.51. The predicted octanol–water partition coefficient (Wildman–Crippen LogP) is 2.72. The third-order valence-corrected chi connectivity index (χ3v) is 3.09. The van der Waals surface area contributed by atoms with Crippen molar-refractivity contribution < 1.29 is 0 Å². The quantitative estimate of drug-likeness (QED) is 0.856. The van der Waals surface area contributed by atoms with E-state index in [0.717, 1.165) is 29.8 Å². The molecule has 2 N–H and O–H groups in total. The lowest BCUT2D eigenvalue weighted by Gasteiger charge is -2.09. The summed E-state index contributed by atoms with van der Waals surface area (Å²) in [6.07, 6.45) is 6.31. The van der Waals surface area contributed by atoms with Gasteiger partial charge in [-0.25, -0.2) is 4.98 Å². The van der Waals surface area contributed by atoms with E-state index in [1.165, 1.54) is 5.56 Å². The van der Waals surface area contributed by atoms with Crippen LogP contribution < -0.4 is 10.6 Å². The van der Waals surface area contributed by atoms with Crippen LogP contribution in [0.15, 0.2) is 35.2 Å². The van der Waals surface area contributed by atoms with Gasteiger partial charge in [0.2, 0.25) is 5.95 Å². The summed E-state index contributed by atoms with van der Waals surface area (Å²) < 4.78 is 0.861. The standard InChI is InChI=1S/C13H16BrN5/c1-2-16-13-18-9-11(14)12(19-13)17-7-5-10-4-3-6-15-8-10/h3-4,6,8-9H,2,5,7H2,1H3,(H2,16,17,18,19). The molecule has 0 radical (unpaired) electrons. The molecule has 0 spiro atoms. The van der Waals surface area contributed by atoms with Crippen LogP contribution in [0.3, 0.4) is 0 Å². The Kier molecular flexibility index (Phi) is 5.09. The van der Waals surface area contributed by atoms with Gasteiger partial charge in [0.05, 0.1) is 4.47 Å². The minimum absolute atomic E-state index is 0.634. The smallest absolute Gasteiger partial charge is 0.224 e. The van der Waals surface area contributed by atoms with Crippen molar-refractivity contribution in [3.05, 3.63) is 40.8 Å². The fourth-order valence-electron chi connectivity index (χ4n) is 1.61. The van der Waals surface area contributed by atoms with Gasteiger partial charge < -0.3 is 10.6 Å². The van der Waals surface area contributed by atoms with Crippen LogP contribution in [0.25, 0.3) is 0 Å². The SMILES string of the molecule is CCNc1ncc(Br)c(NCCc2cccnc2)n1. The molecule has 0 unspecified atom stereocenters. The lowest BCUT2D eigenvalue weighted by Crippen LogP contribution is -2.09. The average Bonchev–Trinajstić information content (AvgIpc) is 2.44. The molecular formula is C13H16BrN5. The molecule has 0 saturated heterocycles. The summed E-state index contributed by atoms with van der Waals surface area (Å²) in [5, 5.41) is 6.38. The van der Waals surface area contributed by atoms with Crippen LogP contribution in [0.1, 0.15) is 12.5 Å². The first-order chi connectivity index (χ1) is 9.29. The molecule has 6 heteroatoms. The summed E-state index contributed by atoms with van der Waals surface area (Å²) in [5.41, 5.74) is 1.20.